The number of carbonyl (C=O) groups is 2. The third-order valence-electron chi connectivity index (χ3n) is 6.20. The molecule has 35 heavy (non-hydrogen) atoms. The number of amides is 3. The molecule has 0 spiro atoms. The van der Waals surface area contributed by atoms with Crippen LogP contribution in [0.2, 0.25) is 0 Å². The molecule has 0 aromatic heterocycles. The maximum Gasteiger partial charge on any atom is 0.475 e. The van der Waals surface area contributed by atoms with Crippen LogP contribution in [0.5, 0.6) is 0 Å². The van der Waals surface area contributed by atoms with Gasteiger partial charge in [-0.05, 0) is 28.3 Å². The summed E-state index contributed by atoms with van der Waals surface area (Å²) in [4.78, 5) is 28.0. The van der Waals surface area contributed by atoms with Gasteiger partial charge in [-0.1, -0.05) is 72.8 Å². The fourth-order valence-electron chi connectivity index (χ4n) is 4.29. The van der Waals surface area contributed by atoms with E-state index in [1.165, 1.54) is 0 Å². The summed E-state index contributed by atoms with van der Waals surface area (Å²) < 4.78 is 5.33. The lowest BCUT2D eigenvalue weighted by molar-refractivity contribution is -0.123. The molecule has 0 bridgehead atoms. The summed E-state index contributed by atoms with van der Waals surface area (Å²) in [6.07, 6.45) is 0.492. The van der Waals surface area contributed by atoms with Crippen molar-refractivity contribution in [3.8, 4) is 0 Å². The van der Waals surface area contributed by atoms with Crippen molar-refractivity contribution in [1.82, 2.24) is 15.5 Å². The van der Waals surface area contributed by atoms with Gasteiger partial charge in [-0.25, -0.2) is 4.79 Å². The molecule has 3 aromatic carbocycles. The Morgan fingerprint density at radius 3 is 2.31 bits per heavy atom. The molecule has 0 saturated carbocycles. The maximum absolute atomic E-state index is 13.4. The van der Waals surface area contributed by atoms with Crippen LogP contribution >= 0.6 is 0 Å². The van der Waals surface area contributed by atoms with Crippen LogP contribution in [0.15, 0.2) is 72.8 Å². The van der Waals surface area contributed by atoms with Crippen molar-refractivity contribution in [2.75, 3.05) is 26.3 Å². The highest BCUT2D eigenvalue weighted by Crippen LogP contribution is 2.20. The average molecular weight is 475 g/mol. The van der Waals surface area contributed by atoms with E-state index in [9.17, 15) is 19.6 Å². The minimum atomic E-state index is -1.76. The molecule has 1 aliphatic rings. The quantitative estimate of drug-likeness (QED) is 0.370. The number of morpholine rings is 1. The Bertz CT molecular complexity index is 1130. The van der Waals surface area contributed by atoms with E-state index in [4.69, 9.17) is 4.74 Å². The molecule has 0 radical (unpaired) electrons. The summed E-state index contributed by atoms with van der Waals surface area (Å²) in [5.41, 5.74) is 1.77. The molecule has 4 N–H and O–H groups in total. The number of ether oxygens (including phenoxy) is 1. The van der Waals surface area contributed by atoms with Gasteiger partial charge in [-0.3, -0.25) is 4.79 Å². The van der Waals surface area contributed by atoms with E-state index in [1.807, 2.05) is 72.8 Å². The molecule has 0 unspecified atom stereocenters. The predicted molar refractivity (Wildman–Crippen MR) is 135 cm³/mol. The Kier molecular flexibility index (Phi) is 8.36. The lowest BCUT2D eigenvalue weighted by Crippen LogP contribution is -2.57. The Labute approximate surface area is 205 Å². The van der Waals surface area contributed by atoms with Crippen molar-refractivity contribution < 1.29 is 24.4 Å². The molecule has 3 aromatic rings. The second kappa shape index (κ2) is 11.8. The number of carbonyl (C=O) groups excluding carboxylic acids is 2. The zero-order valence-corrected chi connectivity index (χ0v) is 19.5. The van der Waals surface area contributed by atoms with E-state index in [0.717, 1.165) is 21.9 Å². The third-order valence-corrected chi connectivity index (χ3v) is 6.20. The molecule has 1 fully saturated rings. The summed E-state index contributed by atoms with van der Waals surface area (Å²) in [5.74, 6) is -1.41. The highest BCUT2D eigenvalue weighted by Gasteiger charge is 2.31. The van der Waals surface area contributed by atoms with E-state index in [-0.39, 0.29) is 18.9 Å². The minimum Gasteiger partial charge on any atom is -0.426 e. The number of rotatable bonds is 8. The van der Waals surface area contributed by atoms with E-state index in [2.05, 4.69) is 10.6 Å². The largest absolute Gasteiger partial charge is 0.475 e. The molecule has 4 rings (SSSR count). The molecule has 3 amide bonds. The van der Waals surface area contributed by atoms with Crippen LogP contribution in [0, 0.1) is 0 Å². The molecular formula is C26H30BN3O5. The predicted octanol–water partition coefficient (Wildman–Crippen LogP) is 1.53. The third kappa shape index (κ3) is 6.60. The molecule has 2 atom stereocenters. The van der Waals surface area contributed by atoms with Gasteiger partial charge in [0.05, 0.1) is 19.2 Å². The van der Waals surface area contributed by atoms with Gasteiger partial charge >= 0.3 is 13.1 Å². The Balaban J connectivity index is 1.55. The number of urea groups is 1. The van der Waals surface area contributed by atoms with Crippen LogP contribution in [-0.2, 0) is 22.4 Å². The monoisotopic (exact) mass is 475 g/mol. The van der Waals surface area contributed by atoms with Crippen molar-refractivity contribution in [2.24, 2.45) is 0 Å². The minimum absolute atomic E-state index is 0.239. The highest BCUT2D eigenvalue weighted by atomic mass is 16.5. The summed E-state index contributed by atoms with van der Waals surface area (Å²) in [5, 5.41) is 27.5. The van der Waals surface area contributed by atoms with Gasteiger partial charge in [-0.15, -0.1) is 0 Å². The lowest BCUT2D eigenvalue weighted by Gasteiger charge is -2.30. The maximum atomic E-state index is 13.4. The fraction of sp³-hybridized carbons (Fsp3) is 0.308. The van der Waals surface area contributed by atoms with Gasteiger partial charge in [0.2, 0.25) is 5.91 Å². The number of benzene rings is 3. The molecular weight excluding hydrogens is 445 g/mol. The Hall–Kier alpha value is -3.40. The summed E-state index contributed by atoms with van der Waals surface area (Å²) in [6.45, 7) is 1.79. The molecule has 1 saturated heterocycles. The second-order valence-corrected chi connectivity index (χ2v) is 8.66. The van der Waals surface area contributed by atoms with Gasteiger partial charge in [0.1, 0.15) is 6.04 Å². The average Bonchev–Trinajstić information content (AvgIpc) is 2.89. The number of hydrogen-bond acceptors (Lipinski definition) is 5. The van der Waals surface area contributed by atoms with Gasteiger partial charge in [0.15, 0.2) is 0 Å². The Morgan fingerprint density at radius 1 is 0.886 bits per heavy atom. The smallest absolute Gasteiger partial charge is 0.426 e. The van der Waals surface area contributed by atoms with E-state index < -0.39 is 25.0 Å². The summed E-state index contributed by atoms with van der Waals surface area (Å²) in [6, 6.07) is 21.8. The summed E-state index contributed by atoms with van der Waals surface area (Å²) >= 11 is 0. The van der Waals surface area contributed by atoms with Crippen LogP contribution in [-0.4, -0.2) is 72.3 Å². The summed E-state index contributed by atoms with van der Waals surface area (Å²) in [7, 11) is -1.76. The molecule has 1 heterocycles. The molecule has 0 aliphatic carbocycles. The van der Waals surface area contributed by atoms with E-state index in [0.29, 0.717) is 26.3 Å². The first-order valence-electron chi connectivity index (χ1n) is 11.8. The Morgan fingerprint density at radius 2 is 1.57 bits per heavy atom. The normalized spacial score (nSPS) is 15.3. The topological polar surface area (TPSA) is 111 Å². The van der Waals surface area contributed by atoms with E-state index >= 15 is 0 Å². The molecule has 182 valence electrons. The molecule has 1 aliphatic heterocycles. The first-order valence-corrected chi connectivity index (χ1v) is 11.8. The van der Waals surface area contributed by atoms with Crippen molar-refractivity contribution in [3.05, 3.63) is 83.9 Å². The van der Waals surface area contributed by atoms with Gasteiger partial charge < -0.3 is 30.3 Å². The SMILES string of the molecule is O=C(N[C@@H](Cc1ccccc1)B(O)O)[C@H](Cc1cccc2ccccc12)NC(=O)N1CCOCC1. The van der Waals surface area contributed by atoms with Gasteiger partial charge in [0, 0.05) is 19.5 Å². The van der Waals surface area contributed by atoms with Crippen molar-refractivity contribution >= 4 is 29.8 Å². The van der Waals surface area contributed by atoms with Crippen molar-refractivity contribution in [1.29, 1.82) is 0 Å². The van der Waals surface area contributed by atoms with Crippen LogP contribution in [0.25, 0.3) is 10.8 Å². The van der Waals surface area contributed by atoms with Crippen LogP contribution in [0.1, 0.15) is 11.1 Å². The van der Waals surface area contributed by atoms with Crippen molar-refractivity contribution in [2.45, 2.75) is 24.8 Å². The second-order valence-electron chi connectivity index (χ2n) is 8.66. The molecule has 9 heteroatoms. The first-order chi connectivity index (χ1) is 17.0. The number of fused-ring (bicyclic) bond motifs is 1. The van der Waals surface area contributed by atoms with Crippen LogP contribution in [0.4, 0.5) is 4.79 Å². The lowest BCUT2D eigenvalue weighted by atomic mass is 9.75. The van der Waals surface area contributed by atoms with Crippen LogP contribution < -0.4 is 10.6 Å². The zero-order valence-electron chi connectivity index (χ0n) is 19.5. The first kappa shape index (κ1) is 24.7. The number of hydrogen-bond donors (Lipinski definition) is 4. The zero-order chi connectivity index (χ0) is 24.6. The van der Waals surface area contributed by atoms with Gasteiger partial charge in [0.25, 0.3) is 0 Å². The standard InChI is InChI=1S/C26H30BN3O5/c31-25(29-24(27(33)34)17-19-7-2-1-3-8-19)23(28-26(32)30-13-15-35-16-14-30)18-21-11-6-10-20-9-4-5-12-22(20)21/h1-12,23-24,33-34H,13-18H2,(H,28,32)(H,29,31)/t23-,24-/m0/s1. The molecule has 8 nitrogen and oxygen atoms in total. The highest BCUT2D eigenvalue weighted by molar-refractivity contribution is 6.43. The van der Waals surface area contributed by atoms with Gasteiger partial charge in [-0.2, -0.15) is 0 Å². The van der Waals surface area contributed by atoms with Crippen molar-refractivity contribution in [3.63, 3.8) is 0 Å². The fourth-order valence-corrected chi connectivity index (χ4v) is 4.29. The van der Waals surface area contributed by atoms with E-state index in [1.54, 1.807) is 4.90 Å². The number of nitrogens with one attached hydrogen (secondary N) is 2. The van der Waals surface area contributed by atoms with Crippen LogP contribution in [0.3, 0.4) is 0 Å². The number of nitrogens with zero attached hydrogens (tertiary/aromatic N) is 1.